The monoisotopic (exact) mass is 234 g/mol. The molecule has 0 aromatic heterocycles. The summed E-state index contributed by atoms with van der Waals surface area (Å²) in [7, 11) is 0. The van der Waals surface area contributed by atoms with E-state index < -0.39 is 18.1 Å². The SMILES string of the molecule is O=C([O-])C1CCCN1C(=O)Oc1ccccc1. The van der Waals surface area contributed by atoms with Crippen LogP contribution in [0.3, 0.4) is 0 Å². The first kappa shape index (κ1) is 11.4. The van der Waals surface area contributed by atoms with E-state index in [0.29, 0.717) is 25.1 Å². The van der Waals surface area contributed by atoms with E-state index in [1.807, 2.05) is 0 Å². The van der Waals surface area contributed by atoms with E-state index in [9.17, 15) is 14.7 Å². The van der Waals surface area contributed by atoms with Gasteiger partial charge in [-0.05, 0) is 25.0 Å². The highest BCUT2D eigenvalue weighted by atomic mass is 16.6. The van der Waals surface area contributed by atoms with Gasteiger partial charge in [0.25, 0.3) is 0 Å². The number of carboxylic acid groups (broad SMARTS) is 1. The Kier molecular flexibility index (Phi) is 3.27. The van der Waals surface area contributed by atoms with Gasteiger partial charge in [-0.15, -0.1) is 0 Å². The fourth-order valence-electron chi connectivity index (χ4n) is 1.88. The highest BCUT2D eigenvalue weighted by Gasteiger charge is 2.30. The summed E-state index contributed by atoms with van der Waals surface area (Å²) in [6.45, 7) is 0.393. The number of hydrogen-bond donors (Lipinski definition) is 0. The molecule has 1 atom stereocenters. The van der Waals surface area contributed by atoms with E-state index in [-0.39, 0.29) is 0 Å². The lowest BCUT2D eigenvalue weighted by molar-refractivity contribution is -0.310. The van der Waals surface area contributed by atoms with Crippen molar-refractivity contribution in [2.24, 2.45) is 0 Å². The quantitative estimate of drug-likeness (QED) is 0.742. The number of likely N-dealkylation sites (tertiary alicyclic amines) is 1. The largest absolute Gasteiger partial charge is 0.548 e. The molecule has 5 heteroatoms. The molecule has 17 heavy (non-hydrogen) atoms. The molecular formula is C12H12NO4-. The molecule has 2 rings (SSSR count). The Morgan fingerprint density at radius 2 is 2.00 bits per heavy atom. The zero-order valence-electron chi connectivity index (χ0n) is 9.17. The van der Waals surface area contributed by atoms with Gasteiger partial charge in [0.15, 0.2) is 0 Å². The maximum absolute atomic E-state index is 11.7. The second-order valence-electron chi connectivity index (χ2n) is 3.85. The number of rotatable bonds is 2. The number of carboxylic acids is 1. The molecule has 1 fully saturated rings. The number of carbonyl (C=O) groups is 2. The molecule has 0 saturated carbocycles. The summed E-state index contributed by atoms with van der Waals surface area (Å²) < 4.78 is 5.07. The van der Waals surface area contributed by atoms with Crippen LogP contribution >= 0.6 is 0 Å². The Morgan fingerprint density at radius 3 is 2.65 bits per heavy atom. The lowest BCUT2D eigenvalue weighted by Crippen LogP contribution is -2.47. The van der Waals surface area contributed by atoms with Crippen molar-refractivity contribution in [1.82, 2.24) is 4.90 Å². The third-order valence-electron chi connectivity index (χ3n) is 2.71. The van der Waals surface area contributed by atoms with Crippen LogP contribution < -0.4 is 9.84 Å². The molecule has 1 unspecified atom stereocenters. The maximum atomic E-state index is 11.7. The summed E-state index contributed by atoms with van der Waals surface area (Å²) in [4.78, 5) is 23.7. The summed E-state index contributed by atoms with van der Waals surface area (Å²) in [6.07, 6.45) is 0.442. The third kappa shape index (κ3) is 2.55. The minimum absolute atomic E-state index is 0.393. The van der Waals surface area contributed by atoms with Gasteiger partial charge in [0, 0.05) is 6.54 Å². The van der Waals surface area contributed by atoms with Crippen molar-refractivity contribution >= 4 is 12.1 Å². The smallest absolute Gasteiger partial charge is 0.415 e. The minimum Gasteiger partial charge on any atom is -0.548 e. The number of aliphatic carboxylic acids is 1. The average Bonchev–Trinajstić information content (AvgIpc) is 2.79. The van der Waals surface area contributed by atoms with Crippen molar-refractivity contribution in [2.75, 3.05) is 6.54 Å². The van der Waals surface area contributed by atoms with Crippen LogP contribution in [0.2, 0.25) is 0 Å². The lowest BCUT2D eigenvalue weighted by Gasteiger charge is -2.24. The summed E-state index contributed by atoms with van der Waals surface area (Å²) >= 11 is 0. The zero-order valence-corrected chi connectivity index (χ0v) is 9.17. The van der Waals surface area contributed by atoms with E-state index in [0.717, 1.165) is 0 Å². The number of amides is 1. The van der Waals surface area contributed by atoms with Gasteiger partial charge in [-0.1, -0.05) is 18.2 Å². The van der Waals surface area contributed by atoms with E-state index in [2.05, 4.69) is 0 Å². The van der Waals surface area contributed by atoms with Gasteiger partial charge >= 0.3 is 6.09 Å². The summed E-state index contributed by atoms with van der Waals surface area (Å²) in [5, 5.41) is 10.8. The van der Waals surface area contributed by atoms with Crippen LogP contribution in [0.1, 0.15) is 12.8 Å². The maximum Gasteiger partial charge on any atom is 0.415 e. The molecule has 1 aliphatic rings. The Labute approximate surface area is 98.6 Å². The predicted molar refractivity (Wildman–Crippen MR) is 57.2 cm³/mol. The van der Waals surface area contributed by atoms with Gasteiger partial charge in [-0.3, -0.25) is 4.90 Å². The van der Waals surface area contributed by atoms with Gasteiger partial charge in [0.2, 0.25) is 0 Å². The van der Waals surface area contributed by atoms with Crippen LogP contribution in [0, 0.1) is 0 Å². The highest BCUT2D eigenvalue weighted by molar-refractivity contribution is 5.80. The molecular weight excluding hydrogens is 222 g/mol. The van der Waals surface area contributed by atoms with Crippen LogP contribution in [0.4, 0.5) is 4.79 Å². The summed E-state index contributed by atoms with van der Waals surface area (Å²) in [5.41, 5.74) is 0. The second kappa shape index (κ2) is 4.86. The van der Waals surface area contributed by atoms with Crippen LogP contribution in [0.25, 0.3) is 0 Å². The molecule has 1 amide bonds. The van der Waals surface area contributed by atoms with Gasteiger partial charge in [-0.25, -0.2) is 4.79 Å². The Bertz CT molecular complexity index is 418. The first-order valence-corrected chi connectivity index (χ1v) is 5.43. The van der Waals surface area contributed by atoms with Gasteiger partial charge in [0.1, 0.15) is 5.75 Å². The number of para-hydroxylation sites is 1. The zero-order chi connectivity index (χ0) is 12.3. The van der Waals surface area contributed by atoms with Crippen molar-refractivity contribution in [1.29, 1.82) is 0 Å². The molecule has 90 valence electrons. The molecule has 1 saturated heterocycles. The molecule has 0 spiro atoms. The Morgan fingerprint density at radius 1 is 1.29 bits per heavy atom. The predicted octanol–water partition coefficient (Wildman–Crippen LogP) is 0.400. The fraction of sp³-hybridized carbons (Fsp3) is 0.333. The van der Waals surface area contributed by atoms with Crippen molar-refractivity contribution in [3.8, 4) is 5.75 Å². The molecule has 5 nitrogen and oxygen atoms in total. The van der Waals surface area contributed by atoms with Gasteiger partial charge < -0.3 is 14.6 Å². The molecule has 1 aliphatic heterocycles. The van der Waals surface area contributed by atoms with Crippen molar-refractivity contribution in [3.63, 3.8) is 0 Å². The van der Waals surface area contributed by atoms with E-state index in [4.69, 9.17) is 4.74 Å². The van der Waals surface area contributed by atoms with Crippen molar-refractivity contribution < 1.29 is 19.4 Å². The van der Waals surface area contributed by atoms with E-state index in [1.54, 1.807) is 30.3 Å². The first-order valence-electron chi connectivity index (χ1n) is 5.43. The molecule has 0 bridgehead atoms. The number of ether oxygens (including phenoxy) is 1. The minimum atomic E-state index is -1.23. The van der Waals surface area contributed by atoms with Crippen LogP contribution in [-0.2, 0) is 4.79 Å². The Balaban J connectivity index is 2.03. The third-order valence-corrected chi connectivity index (χ3v) is 2.71. The van der Waals surface area contributed by atoms with Crippen LogP contribution in [-0.4, -0.2) is 29.5 Å². The molecule has 1 heterocycles. The topological polar surface area (TPSA) is 69.7 Å². The number of nitrogens with zero attached hydrogens (tertiary/aromatic N) is 1. The molecule has 1 aromatic carbocycles. The standard InChI is InChI=1S/C12H13NO4/c14-11(15)10-7-4-8-13(10)12(16)17-9-5-2-1-3-6-9/h1-3,5-6,10H,4,7-8H2,(H,14,15)/p-1. The molecule has 0 aliphatic carbocycles. The lowest BCUT2D eigenvalue weighted by atomic mass is 10.2. The second-order valence-corrected chi connectivity index (χ2v) is 3.85. The van der Waals surface area contributed by atoms with E-state index in [1.165, 1.54) is 4.90 Å². The van der Waals surface area contributed by atoms with Crippen LogP contribution in [0.5, 0.6) is 5.75 Å². The fourth-order valence-corrected chi connectivity index (χ4v) is 1.88. The number of hydrogen-bond acceptors (Lipinski definition) is 4. The number of benzene rings is 1. The molecule has 1 aromatic rings. The van der Waals surface area contributed by atoms with E-state index >= 15 is 0 Å². The first-order chi connectivity index (χ1) is 8.18. The summed E-state index contributed by atoms with van der Waals surface area (Å²) in [6, 6.07) is 7.69. The molecule has 0 N–H and O–H groups in total. The van der Waals surface area contributed by atoms with Crippen molar-refractivity contribution in [2.45, 2.75) is 18.9 Å². The Hall–Kier alpha value is -2.04. The van der Waals surface area contributed by atoms with Crippen LogP contribution in [0.15, 0.2) is 30.3 Å². The highest BCUT2D eigenvalue weighted by Crippen LogP contribution is 2.19. The van der Waals surface area contributed by atoms with Gasteiger partial charge in [0.05, 0.1) is 12.0 Å². The average molecular weight is 234 g/mol. The van der Waals surface area contributed by atoms with Gasteiger partial charge in [-0.2, -0.15) is 0 Å². The number of carbonyl (C=O) groups excluding carboxylic acids is 2. The summed E-state index contributed by atoms with van der Waals surface area (Å²) in [5.74, 6) is -0.825. The molecule has 0 radical (unpaired) electrons. The van der Waals surface area contributed by atoms with Crippen molar-refractivity contribution in [3.05, 3.63) is 30.3 Å². The normalized spacial score (nSPS) is 19.1.